The molecule has 16 heavy (non-hydrogen) atoms. The fourth-order valence-electron chi connectivity index (χ4n) is 1.54. The number of nitrogens with one attached hydrogen (secondary N) is 1. The summed E-state index contributed by atoms with van der Waals surface area (Å²) in [7, 11) is 0. The molecule has 0 atom stereocenters. The van der Waals surface area contributed by atoms with Crippen molar-refractivity contribution in [3.05, 3.63) is 42.4 Å². The van der Waals surface area contributed by atoms with Crippen LogP contribution in [0.15, 0.2) is 35.5 Å². The van der Waals surface area contributed by atoms with Crippen molar-refractivity contribution in [2.24, 2.45) is 0 Å². The third-order valence-electron chi connectivity index (χ3n) is 2.42. The lowest BCUT2D eigenvalue weighted by atomic mass is 10.2. The Bertz CT molecular complexity index is 417. The van der Waals surface area contributed by atoms with Gasteiger partial charge in [0.25, 0.3) is 0 Å². The molecule has 0 bridgehead atoms. The first-order valence-electron chi connectivity index (χ1n) is 5.50. The topological polar surface area (TPSA) is 43.0 Å². The van der Waals surface area contributed by atoms with Crippen molar-refractivity contribution in [2.45, 2.75) is 33.0 Å². The molecule has 0 aliphatic rings. The Labute approximate surface area is 95.3 Å². The fourth-order valence-corrected chi connectivity index (χ4v) is 1.54. The monoisotopic (exact) mass is 219 g/mol. The molecular formula is C12H17N3O. The molecule has 0 aliphatic heterocycles. The second-order valence-electron chi connectivity index (χ2n) is 4.14. The number of imidazole rings is 1. The van der Waals surface area contributed by atoms with E-state index in [-0.39, 0.29) is 0 Å². The molecular weight excluding hydrogens is 202 g/mol. The molecule has 0 radical (unpaired) electrons. The first-order valence-corrected chi connectivity index (χ1v) is 5.50. The van der Waals surface area contributed by atoms with Crippen LogP contribution in [0.25, 0.3) is 0 Å². The first kappa shape index (κ1) is 11.0. The first-order chi connectivity index (χ1) is 7.75. The van der Waals surface area contributed by atoms with E-state index in [0.29, 0.717) is 6.04 Å². The predicted octanol–water partition coefficient (Wildman–Crippen LogP) is 2.02. The van der Waals surface area contributed by atoms with E-state index in [0.717, 1.165) is 18.8 Å². The van der Waals surface area contributed by atoms with E-state index in [1.807, 2.05) is 23.2 Å². The van der Waals surface area contributed by atoms with Crippen molar-refractivity contribution in [3.63, 3.8) is 0 Å². The van der Waals surface area contributed by atoms with Gasteiger partial charge in [-0.15, -0.1) is 0 Å². The summed E-state index contributed by atoms with van der Waals surface area (Å²) in [6.45, 7) is 5.83. The highest BCUT2D eigenvalue weighted by Gasteiger charge is 2.07. The molecule has 2 aromatic heterocycles. The molecule has 86 valence electrons. The van der Waals surface area contributed by atoms with Gasteiger partial charge in [-0.3, -0.25) is 0 Å². The SMILES string of the molecule is CC(C)NCc1occc1Cn1ccnc1. The van der Waals surface area contributed by atoms with E-state index >= 15 is 0 Å². The van der Waals surface area contributed by atoms with Crippen LogP contribution in [0.2, 0.25) is 0 Å². The van der Waals surface area contributed by atoms with Crippen LogP contribution in [-0.2, 0) is 13.1 Å². The quantitative estimate of drug-likeness (QED) is 0.836. The van der Waals surface area contributed by atoms with Gasteiger partial charge in [0, 0.05) is 24.0 Å². The molecule has 4 heteroatoms. The predicted molar refractivity (Wildman–Crippen MR) is 62.0 cm³/mol. The van der Waals surface area contributed by atoms with Gasteiger partial charge in [0.05, 0.1) is 25.7 Å². The number of aromatic nitrogens is 2. The highest BCUT2D eigenvalue weighted by atomic mass is 16.3. The molecule has 2 aromatic rings. The Morgan fingerprint density at radius 1 is 1.50 bits per heavy atom. The molecule has 0 aromatic carbocycles. The average molecular weight is 219 g/mol. The van der Waals surface area contributed by atoms with Crippen molar-refractivity contribution >= 4 is 0 Å². The van der Waals surface area contributed by atoms with Gasteiger partial charge >= 0.3 is 0 Å². The maximum Gasteiger partial charge on any atom is 0.122 e. The minimum absolute atomic E-state index is 0.464. The zero-order valence-electron chi connectivity index (χ0n) is 9.68. The highest BCUT2D eigenvalue weighted by Crippen LogP contribution is 2.12. The van der Waals surface area contributed by atoms with Crippen LogP contribution in [0.3, 0.4) is 0 Å². The fraction of sp³-hybridized carbons (Fsp3) is 0.417. The Morgan fingerprint density at radius 3 is 3.06 bits per heavy atom. The van der Waals surface area contributed by atoms with Crippen molar-refractivity contribution in [2.75, 3.05) is 0 Å². The lowest BCUT2D eigenvalue weighted by Gasteiger charge is -2.08. The largest absolute Gasteiger partial charge is 0.468 e. The molecule has 0 aliphatic carbocycles. The van der Waals surface area contributed by atoms with Gasteiger partial charge in [-0.2, -0.15) is 0 Å². The molecule has 0 saturated carbocycles. The number of rotatable bonds is 5. The van der Waals surface area contributed by atoms with Gasteiger partial charge in [-0.25, -0.2) is 4.98 Å². The maximum absolute atomic E-state index is 5.47. The zero-order chi connectivity index (χ0) is 11.4. The third kappa shape index (κ3) is 2.73. The standard InChI is InChI=1S/C12H17N3O/c1-10(2)14-7-12-11(3-6-16-12)8-15-5-4-13-9-15/h3-6,9-10,14H,7-8H2,1-2H3. The Morgan fingerprint density at radius 2 is 2.38 bits per heavy atom. The van der Waals surface area contributed by atoms with Gasteiger partial charge in [0.2, 0.25) is 0 Å². The molecule has 0 saturated heterocycles. The number of hydrogen-bond donors (Lipinski definition) is 1. The van der Waals surface area contributed by atoms with E-state index < -0.39 is 0 Å². The van der Waals surface area contributed by atoms with Crippen molar-refractivity contribution < 1.29 is 4.42 Å². The zero-order valence-corrected chi connectivity index (χ0v) is 9.68. The Balaban J connectivity index is 2.01. The summed E-state index contributed by atoms with van der Waals surface area (Å²) in [4.78, 5) is 4.02. The third-order valence-corrected chi connectivity index (χ3v) is 2.42. The number of hydrogen-bond acceptors (Lipinski definition) is 3. The van der Waals surface area contributed by atoms with E-state index in [4.69, 9.17) is 4.42 Å². The van der Waals surface area contributed by atoms with Crippen molar-refractivity contribution in [1.29, 1.82) is 0 Å². The van der Waals surface area contributed by atoms with Crippen molar-refractivity contribution in [3.8, 4) is 0 Å². The molecule has 2 heterocycles. The Kier molecular flexibility index (Phi) is 3.41. The minimum atomic E-state index is 0.464. The second-order valence-corrected chi connectivity index (χ2v) is 4.14. The number of nitrogens with zero attached hydrogens (tertiary/aromatic N) is 2. The van der Waals surface area contributed by atoms with E-state index in [1.165, 1.54) is 5.56 Å². The van der Waals surface area contributed by atoms with Crippen LogP contribution < -0.4 is 5.32 Å². The van der Waals surface area contributed by atoms with Crippen LogP contribution in [0.4, 0.5) is 0 Å². The van der Waals surface area contributed by atoms with Crippen LogP contribution >= 0.6 is 0 Å². The summed E-state index contributed by atoms with van der Waals surface area (Å²) in [5.74, 6) is 1.00. The molecule has 0 unspecified atom stereocenters. The van der Waals surface area contributed by atoms with Gasteiger partial charge in [0.15, 0.2) is 0 Å². The summed E-state index contributed by atoms with van der Waals surface area (Å²) < 4.78 is 7.50. The van der Waals surface area contributed by atoms with Gasteiger partial charge in [0.1, 0.15) is 5.76 Å². The second kappa shape index (κ2) is 4.99. The number of furan rings is 1. The van der Waals surface area contributed by atoms with Crippen LogP contribution in [0.1, 0.15) is 25.2 Å². The van der Waals surface area contributed by atoms with Crippen LogP contribution in [0, 0.1) is 0 Å². The van der Waals surface area contributed by atoms with Crippen LogP contribution in [0.5, 0.6) is 0 Å². The summed E-state index contributed by atoms with van der Waals surface area (Å²) >= 11 is 0. The smallest absolute Gasteiger partial charge is 0.122 e. The lowest BCUT2D eigenvalue weighted by molar-refractivity contribution is 0.459. The summed E-state index contributed by atoms with van der Waals surface area (Å²) in [6.07, 6.45) is 7.29. The minimum Gasteiger partial charge on any atom is -0.468 e. The summed E-state index contributed by atoms with van der Waals surface area (Å²) in [6, 6.07) is 2.48. The highest BCUT2D eigenvalue weighted by molar-refractivity contribution is 5.17. The molecule has 0 amide bonds. The molecule has 4 nitrogen and oxygen atoms in total. The summed E-state index contributed by atoms with van der Waals surface area (Å²) in [5.41, 5.74) is 1.20. The summed E-state index contributed by atoms with van der Waals surface area (Å²) in [5, 5.41) is 3.35. The maximum atomic E-state index is 5.47. The lowest BCUT2D eigenvalue weighted by Crippen LogP contribution is -2.22. The van der Waals surface area contributed by atoms with E-state index in [1.54, 1.807) is 12.5 Å². The average Bonchev–Trinajstić information content (AvgIpc) is 2.87. The van der Waals surface area contributed by atoms with E-state index in [9.17, 15) is 0 Å². The van der Waals surface area contributed by atoms with Gasteiger partial charge < -0.3 is 14.3 Å². The van der Waals surface area contributed by atoms with Gasteiger partial charge in [-0.05, 0) is 6.07 Å². The van der Waals surface area contributed by atoms with Crippen molar-refractivity contribution in [1.82, 2.24) is 14.9 Å². The van der Waals surface area contributed by atoms with Crippen LogP contribution in [-0.4, -0.2) is 15.6 Å². The molecule has 2 rings (SSSR count). The molecule has 0 fully saturated rings. The van der Waals surface area contributed by atoms with E-state index in [2.05, 4.69) is 24.1 Å². The Hall–Kier alpha value is -1.55. The molecule has 0 spiro atoms. The van der Waals surface area contributed by atoms with Gasteiger partial charge in [-0.1, -0.05) is 13.8 Å². The molecule has 1 N–H and O–H groups in total. The normalized spacial score (nSPS) is 11.2.